The zero-order valence-corrected chi connectivity index (χ0v) is 22.4. The van der Waals surface area contributed by atoms with Gasteiger partial charge < -0.3 is 9.47 Å². The van der Waals surface area contributed by atoms with Crippen molar-refractivity contribution in [3.8, 4) is 5.75 Å². The van der Waals surface area contributed by atoms with Gasteiger partial charge in [0.25, 0.3) is 0 Å². The van der Waals surface area contributed by atoms with Gasteiger partial charge in [0.1, 0.15) is 18.5 Å². The smallest absolute Gasteiger partial charge is 0.123 e. The molecule has 10 rings (SSSR count). The highest BCUT2D eigenvalue weighted by molar-refractivity contribution is 5.53. The van der Waals surface area contributed by atoms with Crippen molar-refractivity contribution in [1.29, 1.82) is 0 Å². The molecule has 0 amide bonds. The summed E-state index contributed by atoms with van der Waals surface area (Å²) >= 11 is 0. The maximum atomic E-state index is 6.64. The van der Waals surface area contributed by atoms with E-state index < -0.39 is 0 Å². The monoisotopic (exact) mass is 474 g/mol. The van der Waals surface area contributed by atoms with Crippen molar-refractivity contribution in [3.63, 3.8) is 0 Å². The van der Waals surface area contributed by atoms with Crippen LogP contribution < -0.4 is 4.74 Å². The van der Waals surface area contributed by atoms with Crippen LogP contribution in [0.15, 0.2) is 12.1 Å². The summed E-state index contributed by atoms with van der Waals surface area (Å²) in [4.78, 5) is 0. The van der Waals surface area contributed by atoms with Gasteiger partial charge in [0.05, 0.1) is 6.61 Å². The second-order valence-corrected chi connectivity index (χ2v) is 15.8. The minimum atomic E-state index is 0.0940. The minimum absolute atomic E-state index is 0.0940. The van der Waals surface area contributed by atoms with E-state index in [1.54, 1.807) is 5.56 Å². The zero-order valence-electron chi connectivity index (χ0n) is 22.4. The summed E-state index contributed by atoms with van der Waals surface area (Å²) in [6, 6.07) is 5.38. The molecule has 0 aromatic heterocycles. The molecular weight excluding hydrogens is 428 g/mol. The fourth-order valence-corrected chi connectivity index (χ4v) is 11.4. The van der Waals surface area contributed by atoms with Crippen molar-refractivity contribution in [2.45, 2.75) is 120 Å². The van der Waals surface area contributed by atoms with E-state index >= 15 is 0 Å². The highest BCUT2D eigenvalue weighted by Crippen LogP contribution is 2.66. The van der Waals surface area contributed by atoms with Gasteiger partial charge in [-0.1, -0.05) is 26.8 Å². The lowest BCUT2D eigenvalue weighted by molar-refractivity contribution is -0.0176. The van der Waals surface area contributed by atoms with E-state index in [2.05, 4.69) is 32.9 Å². The van der Waals surface area contributed by atoms with Gasteiger partial charge in [0.2, 0.25) is 0 Å². The van der Waals surface area contributed by atoms with E-state index in [1.165, 1.54) is 88.4 Å². The van der Waals surface area contributed by atoms with E-state index in [4.69, 9.17) is 9.47 Å². The molecule has 9 aliphatic rings. The number of ether oxygens (including phenoxy) is 2. The van der Waals surface area contributed by atoms with Crippen molar-refractivity contribution in [2.24, 2.45) is 35.5 Å². The highest BCUT2D eigenvalue weighted by Gasteiger charge is 2.57. The second kappa shape index (κ2) is 7.30. The number of rotatable bonds is 5. The Labute approximate surface area is 212 Å². The van der Waals surface area contributed by atoms with E-state index in [0.717, 1.165) is 48.7 Å². The van der Waals surface area contributed by atoms with E-state index in [9.17, 15) is 0 Å². The average molecular weight is 475 g/mol. The first-order valence-electron chi connectivity index (χ1n) is 15.2. The van der Waals surface area contributed by atoms with Crippen LogP contribution in [0.4, 0.5) is 0 Å². The van der Waals surface area contributed by atoms with Gasteiger partial charge in [-0.3, -0.25) is 0 Å². The number of benzene rings is 1. The van der Waals surface area contributed by atoms with Gasteiger partial charge in [0, 0.05) is 0 Å². The van der Waals surface area contributed by atoms with Gasteiger partial charge in [-0.05, 0) is 152 Å². The molecule has 1 unspecified atom stereocenters. The second-order valence-electron chi connectivity index (χ2n) is 15.8. The summed E-state index contributed by atoms with van der Waals surface area (Å²) < 4.78 is 12.2. The van der Waals surface area contributed by atoms with Crippen molar-refractivity contribution >= 4 is 0 Å². The molecule has 0 spiro atoms. The number of hydrogen-bond acceptors (Lipinski definition) is 2. The van der Waals surface area contributed by atoms with Crippen LogP contribution in [0.2, 0.25) is 0 Å². The van der Waals surface area contributed by atoms with Crippen LogP contribution in [0, 0.1) is 35.5 Å². The van der Waals surface area contributed by atoms with Gasteiger partial charge >= 0.3 is 0 Å². The van der Waals surface area contributed by atoms with Crippen LogP contribution >= 0.6 is 0 Å². The first kappa shape index (κ1) is 22.0. The van der Waals surface area contributed by atoms with Crippen LogP contribution in [0.5, 0.6) is 5.75 Å². The van der Waals surface area contributed by atoms with E-state index in [0.29, 0.717) is 16.9 Å². The van der Waals surface area contributed by atoms with Crippen molar-refractivity contribution < 1.29 is 9.47 Å². The van der Waals surface area contributed by atoms with Crippen molar-refractivity contribution in [3.05, 3.63) is 28.8 Å². The summed E-state index contributed by atoms with van der Waals surface area (Å²) in [5.74, 6) is 7.11. The topological polar surface area (TPSA) is 21.8 Å². The quantitative estimate of drug-likeness (QED) is 0.408. The summed E-state index contributed by atoms with van der Waals surface area (Å²) in [5, 5.41) is 0. The van der Waals surface area contributed by atoms with Gasteiger partial charge in [-0.2, -0.15) is 0 Å². The molecule has 190 valence electrons. The summed E-state index contributed by atoms with van der Waals surface area (Å²) in [6.45, 7) is 8.79. The fraction of sp³-hybridized carbons (Fsp3) is 0.818. The lowest BCUT2D eigenvalue weighted by Gasteiger charge is -2.61. The largest absolute Gasteiger partial charge is 0.490 e. The molecule has 8 bridgehead atoms. The Morgan fingerprint density at radius 1 is 0.714 bits per heavy atom. The predicted molar refractivity (Wildman–Crippen MR) is 140 cm³/mol. The SMILES string of the molecule is CC(C)(C)c1cc(C23CC4CC(CC(C4)C2)C3)c(C23CC4CC(CC(C4)C2)C3)cc1OCC1CO1. The summed E-state index contributed by atoms with van der Waals surface area (Å²) in [7, 11) is 0. The summed E-state index contributed by atoms with van der Waals surface area (Å²) in [5.41, 5.74) is 6.02. The molecule has 2 nitrogen and oxygen atoms in total. The number of epoxide rings is 1. The molecule has 35 heavy (non-hydrogen) atoms. The van der Waals surface area contributed by atoms with Crippen LogP contribution in [-0.2, 0) is 21.0 Å². The number of hydrogen-bond donors (Lipinski definition) is 0. The minimum Gasteiger partial charge on any atom is -0.490 e. The molecule has 1 aromatic rings. The Balaban J connectivity index is 1.30. The third kappa shape index (κ3) is 3.51. The molecule has 1 saturated heterocycles. The molecule has 2 heteroatoms. The first-order chi connectivity index (χ1) is 16.8. The normalized spacial score (nSPS) is 46.9. The third-order valence-corrected chi connectivity index (χ3v) is 12.0. The standard InChI is InChI=1S/C33H46O2/c1-31(2,3)29-10-27(32-12-20-4-21(13-32)6-22(5-20)14-32)28(11-30(29)35-19-26-18-34-26)33-15-23-7-24(16-33)9-25(8-23)17-33/h10-11,20-26H,4-9,12-19H2,1-3H3. The molecule has 0 radical (unpaired) electrons. The van der Waals surface area contributed by atoms with Crippen LogP contribution in [-0.4, -0.2) is 19.3 Å². The molecule has 1 atom stereocenters. The van der Waals surface area contributed by atoms with E-state index in [1.807, 2.05) is 5.56 Å². The Hall–Kier alpha value is -1.02. The third-order valence-electron chi connectivity index (χ3n) is 12.0. The maximum Gasteiger partial charge on any atom is 0.123 e. The molecule has 8 saturated carbocycles. The Morgan fingerprint density at radius 2 is 1.11 bits per heavy atom. The maximum absolute atomic E-state index is 6.64. The molecule has 1 aliphatic heterocycles. The zero-order chi connectivity index (χ0) is 23.6. The average Bonchev–Trinajstić information content (AvgIpc) is 3.59. The Morgan fingerprint density at radius 3 is 1.49 bits per heavy atom. The van der Waals surface area contributed by atoms with Gasteiger partial charge in [0.15, 0.2) is 0 Å². The van der Waals surface area contributed by atoms with Crippen LogP contribution in [0.1, 0.15) is 115 Å². The first-order valence-corrected chi connectivity index (χ1v) is 15.2. The lowest BCUT2D eigenvalue weighted by atomic mass is 9.44. The summed E-state index contributed by atoms with van der Waals surface area (Å²) in [6.07, 6.45) is 18.2. The molecule has 0 N–H and O–H groups in total. The van der Waals surface area contributed by atoms with Crippen LogP contribution in [0.25, 0.3) is 0 Å². The fourth-order valence-electron chi connectivity index (χ4n) is 11.4. The highest BCUT2D eigenvalue weighted by atomic mass is 16.6. The molecular formula is C33H46O2. The van der Waals surface area contributed by atoms with Crippen molar-refractivity contribution in [1.82, 2.24) is 0 Å². The lowest BCUT2D eigenvalue weighted by Crippen LogP contribution is -2.52. The molecule has 9 fully saturated rings. The Kier molecular flexibility index (Phi) is 4.59. The predicted octanol–water partition coefficient (Wildman–Crippen LogP) is 7.70. The van der Waals surface area contributed by atoms with E-state index in [-0.39, 0.29) is 5.41 Å². The Bertz CT molecular complexity index is 954. The molecule has 8 aliphatic carbocycles. The molecule has 1 aromatic carbocycles. The van der Waals surface area contributed by atoms with Crippen molar-refractivity contribution in [2.75, 3.05) is 13.2 Å². The van der Waals surface area contributed by atoms with Gasteiger partial charge in [-0.15, -0.1) is 0 Å². The van der Waals surface area contributed by atoms with Gasteiger partial charge in [-0.25, -0.2) is 0 Å². The molecule has 1 heterocycles. The van der Waals surface area contributed by atoms with Crippen LogP contribution in [0.3, 0.4) is 0 Å².